The molecule has 1 aromatic carbocycles. The molecule has 2 heterocycles. The molecule has 1 amide bonds. The summed E-state index contributed by atoms with van der Waals surface area (Å²) >= 11 is 1.46. The number of ether oxygens (including phenoxy) is 2. The van der Waals surface area contributed by atoms with Gasteiger partial charge in [0, 0.05) is 17.0 Å². The molecule has 1 aromatic heterocycles. The fourth-order valence-corrected chi connectivity index (χ4v) is 2.86. The minimum absolute atomic E-state index is 0.170. The second-order valence-electron chi connectivity index (χ2n) is 4.60. The van der Waals surface area contributed by atoms with Crippen LogP contribution in [-0.4, -0.2) is 12.7 Å². The summed E-state index contributed by atoms with van der Waals surface area (Å²) in [6.45, 7) is 4.15. The number of hydrogen-bond donors (Lipinski definition) is 2. The minimum Gasteiger partial charge on any atom is -0.454 e. The van der Waals surface area contributed by atoms with Crippen molar-refractivity contribution >= 4 is 28.6 Å². The Bertz CT molecular complexity index is 674. The van der Waals surface area contributed by atoms with Crippen molar-refractivity contribution in [2.24, 2.45) is 0 Å². The Morgan fingerprint density at radius 2 is 1.95 bits per heavy atom. The third kappa shape index (κ3) is 2.18. The largest absolute Gasteiger partial charge is 0.454 e. The second-order valence-corrected chi connectivity index (χ2v) is 5.85. The lowest BCUT2D eigenvalue weighted by Gasteiger charge is -2.08. The maximum atomic E-state index is 12.2. The lowest BCUT2D eigenvalue weighted by Crippen LogP contribution is -2.11. The number of carbonyl (C=O) groups excluding carboxylic acids is 1. The van der Waals surface area contributed by atoms with Crippen LogP contribution in [0.2, 0.25) is 0 Å². The first-order chi connectivity index (χ1) is 9.54. The molecule has 0 saturated carbocycles. The van der Waals surface area contributed by atoms with Crippen LogP contribution in [0.15, 0.2) is 18.2 Å². The molecule has 0 radical (unpaired) electrons. The van der Waals surface area contributed by atoms with Crippen molar-refractivity contribution in [3.05, 3.63) is 33.5 Å². The van der Waals surface area contributed by atoms with Crippen molar-refractivity contribution in [3.8, 4) is 11.5 Å². The summed E-state index contributed by atoms with van der Waals surface area (Å²) in [5.74, 6) is 1.02. The highest BCUT2D eigenvalue weighted by atomic mass is 32.1. The van der Waals surface area contributed by atoms with Gasteiger partial charge in [0.15, 0.2) is 11.5 Å². The number of nitrogen functional groups attached to an aromatic ring is 1. The van der Waals surface area contributed by atoms with Gasteiger partial charge in [0.2, 0.25) is 6.79 Å². The number of anilines is 2. The first-order valence-electron chi connectivity index (χ1n) is 6.12. The maximum Gasteiger partial charge on any atom is 0.265 e. The van der Waals surface area contributed by atoms with Crippen LogP contribution in [0.3, 0.4) is 0 Å². The van der Waals surface area contributed by atoms with Gasteiger partial charge in [0.25, 0.3) is 5.91 Å². The zero-order chi connectivity index (χ0) is 14.3. The Kier molecular flexibility index (Phi) is 3.02. The molecule has 1 aliphatic rings. The van der Waals surface area contributed by atoms with Crippen molar-refractivity contribution < 1.29 is 14.3 Å². The standard InChI is InChI=1S/C14H14N2O3S/c1-7-3-13(20-8(7)2)14(17)16-10-5-12-11(4-9(10)15)18-6-19-12/h3-5H,6,15H2,1-2H3,(H,16,17). The summed E-state index contributed by atoms with van der Waals surface area (Å²) in [6.07, 6.45) is 0. The molecular weight excluding hydrogens is 276 g/mol. The fraction of sp³-hybridized carbons (Fsp3) is 0.214. The highest BCUT2D eigenvalue weighted by molar-refractivity contribution is 7.14. The van der Waals surface area contributed by atoms with E-state index in [4.69, 9.17) is 15.2 Å². The fourth-order valence-electron chi connectivity index (χ4n) is 1.93. The molecule has 3 N–H and O–H groups in total. The molecule has 0 spiro atoms. The van der Waals surface area contributed by atoms with Crippen LogP contribution in [0.25, 0.3) is 0 Å². The number of hydrogen-bond acceptors (Lipinski definition) is 5. The topological polar surface area (TPSA) is 73.6 Å². The molecule has 0 fully saturated rings. The van der Waals surface area contributed by atoms with E-state index in [1.165, 1.54) is 11.3 Å². The van der Waals surface area contributed by atoms with Crippen molar-refractivity contribution in [2.75, 3.05) is 17.8 Å². The quantitative estimate of drug-likeness (QED) is 0.834. The Hall–Kier alpha value is -2.21. The highest BCUT2D eigenvalue weighted by Crippen LogP contribution is 2.38. The number of aryl methyl sites for hydroxylation is 2. The van der Waals surface area contributed by atoms with E-state index in [1.807, 2.05) is 19.9 Å². The van der Waals surface area contributed by atoms with E-state index in [9.17, 15) is 4.79 Å². The average molecular weight is 290 g/mol. The van der Waals surface area contributed by atoms with Crippen molar-refractivity contribution in [2.45, 2.75) is 13.8 Å². The molecule has 5 nitrogen and oxygen atoms in total. The number of nitrogens with one attached hydrogen (secondary N) is 1. The molecule has 20 heavy (non-hydrogen) atoms. The SMILES string of the molecule is Cc1cc(C(=O)Nc2cc3c(cc2N)OCO3)sc1C. The summed E-state index contributed by atoms with van der Waals surface area (Å²) in [5, 5.41) is 2.81. The van der Waals surface area contributed by atoms with E-state index in [2.05, 4.69) is 5.32 Å². The predicted octanol–water partition coefficient (Wildman–Crippen LogP) is 2.93. The van der Waals surface area contributed by atoms with Crippen LogP contribution in [0.4, 0.5) is 11.4 Å². The van der Waals surface area contributed by atoms with E-state index in [-0.39, 0.29) is 12.7 Å². The van der Waals surface area contributed by atoms with Crippen molar-refractivity contribution in [1.82, 2.24) is 0 Å². The molecule has 0 bridgehead atoms. The minimum atomic E-state index is -0.170. The normalized spacial score (nSPS) is 12.5. The monoisotopic (exact) mass is 290 g/mol. The number of amides is 1. The Morgan fingerprint density at radius 1 is 1.25 bits per heavy atom. The molecule has 2 aromatic rings. The second kappa shape index (κ2) is 4.72. The maximum absolute atomic E-state index is 12.2. The smallest absolute Gasteiger partial charge is 0.265 e. The van der Waals surface area contributed by atoms with Gasteiger partial charge in [-0.25, -0.2) is 0 Å². The van der Waals surface area contributed by atoms with E-state index >= 15 is 0 Å². The van der Waals surface area contributed by atoms with Crippen molar-refractivity contribution in [3.63, 3.8) is 0 Å². The molecule has 0 unspecified atom stereocenters. The molecule has 0 saturated heterocycles. The van der Waals surface area contributed by atoms with Crippen LogP contribution in [0.1, 0.15) is 20.1 Å². The molecule has 3 rings (SSSR count). The van der Waals surface area contributed by atoms with E-state index in [0.717, 1.165) is 10.4 Å². The zero-order valence-electron chi connectivity index (χ0n) is 11.1. The summed E-state index contributed by atoms with van der Waals surface area (Å²) < 4.78 is 10.5. The van der Waals surface area contributed by atoms with E-state index in [0.29, 0.717) is 27.8 Å². The number of fused-ring (bicyclic) bond motifs is 1. The van der Waals surface area contributed by atoms with Crippen molar-refractivity contribution in [1.29, 1.82) is 0 Å². The Balaban J connectivity index is 1.86. The summed E-state index contributed by atoms with van der Waals surface area (Å²) in [7, 11) is 0. The van der Waals surface area contributed by atoms with Gasteiger partial charge in [0.1, 0.15) is 0 Å². The van der Waals surface area contributed by atoms with Gasteiger partial charge in [-0.3, -0.25) is 4.79 Å². The lowest BCUT2D eigenvalue weighted by atomic mass is 10.2. The summed E-state index contributed by atoms with van der Waals surface area (Å²) in [4.78, 5) is 14.0. The molecule has 1 aliphatic heterocycles. The van der Waals surface area contributed by atoms with Crippen LogP contribution in [-0.2, 0) is 0 Å². The van der Waals surface area contributed by atoms with Gasteiger partial charge in [-0.05, 0) is 25.5 Å². The summed E-state index contributed by atoms with van der Waals surface area (Å²) in [6, 6.07) is 5.21. The number of rotatable bonds is 2. The average Bonchev–Trinajstić information content (AvgIpc) is 2.97. The van der Waals surface area contributed by atoms with Crippen LogP contribution in [0, 0.1) is 13.8 Å². The molecular formula is C14H14N2O3S. The molecule has 6 heteroatoms. The Morgan fingerprint density at radius 3 is 2.60 bits per heavy atom. The van der Waals surface area contributed by atoms with Crippen LogP contribution in [0.5, 0.6) is 11.5 Å². The number of thiophene rings is 1. The van der Waals surface area contributed by atoms with Gasteiger partial charge in [-0.1, -0.05) is 0 Å². The molecule has 104 valence electrons. The first kappa shape index (κ1) is 12.8. The van der Waals surface area contributed by atoms with Gasteiger partial charge in [0.05, 0.1) is 16.3 Å². The lowest BCUT2D eigenvalue weighted by molar-refractivity contribution is 0.103. The number of benzene rings is 1. The number of carbonyl (C=O) groups is 1. The van der Waals surface area contributed by atoms with Crippen LogP contribution >= 0.6 is 11.3 Å². The Labute approximate surface area is 120 Å². The zero-order valence-corrected chi connectivity index (χ0v) is 12.0. The van der Waals surface area contributed by atoms with Gasteiger partial charge >= 0.3 is 0 Å². The third-order valence-electron chi connectivity index (χ3n) is 3.18. The molecule has 0 aliphatic carbocycles. The highest BCUT2D eigenvalue weighted by Gasteiger charge is 2.18. The predicted molar refractivity (Wildman–Crippen MR) is 78.7 cm³/mol. The van der Waals surface area contributed by atoms with Gasteiger partial charge < -0.3 is 20.5 Å². The first-order valence-corrected chi connectivity index (χ1v) is 6.94. The van der Waals surface area contributed by atoms with Gasteiger partial charge in [-0.15, -0.1) is 11.3 Å². The van der Waals surface area contributed by atoms with Gasteiger partial charge in [-0.2, -0.15) is 0 Å². The third-order valence-corrected chi connectivity index (χ3v) is 4.33. The van der Waals surface area contributed by atoms with E-state index < -0.39 is 0 Å². The van der Waals surface area contributed by atoms with E-state index in [1.54, 1.807) is 12.1 Å². The molecule has 0 atom stereocenters. The number of nitrogens with two attached hydrogens (primary N) is 1. The summed E-state index contributed by atoms with van der Waals surface area (Å²) in [5.41, 5.74) is 8.00. The van der Waals surface area contributed by atoms with Crippen LogP contribution < -0.4 is 20.5 Å².